The van der Waals surface area contributed by atoms with Crippen molar-refractivity contribution in [1.29, 1.82) is 0 Å². The van der Waals surface area contributed by atoms with E-state index in [1.165, 1.54) is 0 Å². The van der Waals surface area contributed by atoms with Crippen LogP contribution in [-0.2, 0) is 6.54 Å². The topological polar surface area (TPSA) is 61.0 Å². The van der Waals surface area contributed by atoms with Crippen LogP contribution in [0.2, 0.25) is 5.02 Å². The van der Waals surface area contributed by atoms with Gasteiger partial charge in [0.15, 0.2) is 0 Å². The molecule has 1 aromatic carbocycles. The fourth-order valence-corrected chi connectivity index (χ4v) is 1.61. The lowest BCUT2D eigenvalue weighted by atomic mass is 10.2. The smallest absolute Gasteiger partial charge is 0.239 e. The maximum absolute atomic E-state index is 6.03. The first kappa shape index (κ1) is 11.8. The van der Waals surface area contributed by atoms with Gasteiger partial charge in [-0.2, -0.15) is 5.10 Å². The molecule has 2 rings (SSSR count). The van der Waals surface area contributed by atoms with Crippen LogP contribution in [0.1, 0.15) is 11.1 Å². The van der Waals surface area contributed by atoms with Gasteiger partial charge in [-0.1, -0.05) is 17.7 Å². The Bertz CT molecular complexity index is 531. The number of nitrogens with zero attached hydrogens (tertiary/aromatic N) is 2. The van der Waals surface area contributed by atoms with E-state index in [0.717, 1.165) is 11.1 Å². The second kappa shape index (κ2) is 5.12. The molecular weight excluding hydrogens is 238 g/mol. The predicted molar refractivity (Wildman–Crippen MR) is 66.2 cm³/mol. The van der Waals surface area contributed by atoms with Crippen molar-refractivity contribution in [2.75, 3.05) is 0 Å². The highest BCUT2D eigenvalue weighted by Crippen LogP contribution is 2.25. The number of hydrogen-bond acceptors (Lipinski definition) is 4. The summed E-state index contributed by atoms with van der Waals surface area (Å²) in [5, 5.41) is 8.26. The van der Waals surface area contributed by atoms with Crippen molar-refractivity contribution in [3.8, 4) is 11.6 Å². The Morgan fingerprint density at radius 1 is 1.35 bits per heavy atom. The summed E-state index contributed by atoms with van der Waals surface area (Å²) in [5.41, 5.74) is 7.40. The summed E-state index contributed by atoms with van der Waals surface area (Å²) < 4.78 is 5.54. The average molecular weight is 250 g/mol. The Hall–Kier alpha value is -1.65. The molecule has 1 aromatic heterocycles. The van der Waals surface area contributed by atoms with Crippen molar-refractivity contribution < 1.29 is 4.74 Å². The van der Waals surface area contributed by atoms with Crippen LogP contribution in [0.15, 0.2) is 30.5 Å². The standard InChI is InChI=1S/C12H12ClN3O/c1-8-4-12(16-15-7-8)17-10-3-2-9(6-14)11(13)5-10/h2-5,7H,6,14H2,1H3. The molecule has 0 amide bonds. The molecular formula is C12H12ClN3O. The first-order chi connectivity index (χ1) is 8.19. The van der Waals surface area contributed by atoms with Crippen molar-refractivity contribution in [2.24, 2.45) is 5.73 Å². The summed E-state index contributed by atoms with van der Waals surface area (Å²) in [6, 6.07) is 7.16. The van der Waals surface area contributed by atoms with Crippen molar-refractivity contribution in [2.45, 2.75) is 13.5 Å². The summed E-state index contributed by atoms with van der Waals surface area (Å²) in [7, 11) is 0. The van der Waals surface area contributed by atoms with Gasteiger partial charge in [-0.15, -0.1) is 5.10 Å². The van der Waals surface area contributed by atoms with E-state index < -0.39 is 0 Å². The highest BCUT2D eigenvalue weighted by Gasteiger charge is 2.03. The third kappa shape index (κ3) is 2.93. The summed E-state index contributed by atoms with van der Waals surface area (Å²) in [5.74, 6) is 1.06. The second-order valence-electron chi connectivity index (χ2n) is 3.63. The lowest BCUT2D eigenvalue weighted by Gasteiger charge is -2.06. The molecule has 0 aliphatic carbocycles. The van der Waals surface area contributed by atoms with Gasteiger partial charge in [0, 0.05) is 17.6 Å². The summed E-state index contributed by atoms with van der Waals surface area (Å²) in [6.07, 6.45) is 1.66. The summed E-state index contributed by atoms with van der Waals surface area (Å²) >= 11 is 6.03. The van der Waals surface area contributed by atoms with Gasteiger partial charge in [0.1, 0.15) is 5.75 Å². The van der Waals surface area contributed by atoms with Crippen LogP contribution in [0, 0.1) is 6.92 Å². The third-order valence-electron chi connectivity index (χ3n) is 2.24. The zero-order valence-electron chi connectivity index (χ0n) is 9.35. The molecule has 0 aliphatic rings. The Morgan fingerprint density at radius 2 is 2.18 bits per heavy atom. The Balaban J connectivity index is 2.22. The lowest BCUT2D eigenvalue weighted by Crippen LogP contribution is -1.97. The van der Waals surface area contributed by atoms with E-state index in [1.54, 1.807) is 24.4 Å². The van der Waals surface area contributed by atoms with Crippen LogP contribution < -0.4 is 10.5 Å². The number of nitrogens with two attached hydrogens (primary N) is 1. The largest absolute Gasteiger partial charge is 0.437 e. The van der Waals surface area contributed by atoms with Gasteiger partial charge >= 0.3 is 0 Å². The molecule has 0 saturated carbocycles. The van der Waals surface area contributed by atoms with Crippen molar-refractivity contribution in [3.63, 3.8) is 0 Å². The fourth-order valence-electron chi connectivity index (χ4n) is 1.37. The van der Waals surface area contributed by atoms with E-state index in [9.17, 15) is 0 Å². The van der Waals surface area contributed by atoms with Crippen molar-refractivity contribution in [3.05, 3.63) is 46.6 Å². The Kier molecular flexibility index (Phi) is 3.56. The van der Waals surface area contributed by atoms with Gasteiger partial charge < -0.3 is 10.5 Å². The number of rotatable bonds is 3. The third-order valence-corrected chi connectivity index (χ3v) is 2.59. The Labute approximate surface area is 104 Å². The van der Waals surface area contributed by atoms with E-state index in [4.69, 9.17) is 22.1 Å². The molecule has 0 saturated heterocycles. The first-order valence-electron chi connectivity index (χ1n) is 5.14. The minimum absolute atomic E-state index is 0.406. The summed E-state index contributed by atoms with van der Waals surface area (Å²) in [4.78, 5) is 0. The molecule has 5 heteroatoms. The van der Waals surface area contributed by atoms with Gasteiger partial charge in [0.05, 0.1) is 6.20 Å². The highest BCUT2D eigenvalue weighted by molar-refractivity contribution is 6.31. The molecule has 1 heterocycles. The summed E-state index contributed by atoms with van der Waals surface area (Å²) in [6.45, 7) is 2.33. The van der Waals surface area contributed by atoms with Gasteiger partial charge in [-0.05, 0) is 30.2 Å². The minimum Gasteiger partial charge on any atom is -0.437 e. The zero-order chi connectivity index (χ0) is 12.3. The van der Waals surface area contributed by atoms with Crippen LogP contribution in [0.3, 0.4) is 0 Å². The highest BCUT2D eigenvalue weighted by atomic mass is 35.5. The molecule has 0 atom stereocenters. The number of hydrogen-bond donors (Lipinski definition) is 1. The quantitative estimate of drug-likeness (QED) is 0.909. The van der Waals surface area contributed by atoms with Gasteiger partial charge in [-0.3, -0.25) is 0 Å². The molecule has 2 aromatic rings. The molecule has 0 radical (unpaired) electrons. The van der Waals surface area contributed by atoms with Crippen LogP contribution in [0.25, 0.3) is 0 Å². The van der Waals surface area contributed by atoms with Crippen molar-refractivity contribution >= 4 is 11.6 Å². The van der Waals surface area contributed by atoms with Gasteiger partial charge in [0.25, 0.3) is 0 Å². The van der Waals surface area contributed by atoms with E-state index in [-0.39, 0.29) is 0 Å². The SMILES string of the molecule is Cc1cnnc(Oc2ccc(CN)c(Cl)c2)c1. The number of ether oxygens (including phenoxy) is 1. The zero-order valence-corrected chi connectivity index (χ0v) is 10.1. The maximum Gasteiger partial charge on any atom is 0.239 e. The fraction of sp³-hybridized carbons (Fsp3) is 0.167. The molecule has 0 bridgehead atoms. The predicted octanol–water partition coefficient (Wildman–Crippen LogP) is 2.69. The van der Waals surface area contributed by atoms with E-state index in [0.29, 0.717) is 23.2 Å². The number of aryl methyl sites for hydroxylation is 1. The first-order valence-corrected chi connectivity index (χ1v) is 5.52. The second-order valence-corrected chi connectivity index (χ2v) is 4.04. The molecule has 2 N–H and O–H groups in total. The van der Waals surface area contributed by atoms with Gasteiger partial charge in [-0.25, -0.2) is 0 Å². The van der Waals surface area contributed by atoms with Crippen LogP contribution in [0.4, 0.5) is 0 Å². The molecule has 0 fully saturated rings. The van der Waals surface area contributed by atoms with E-state index in [2.05, 4.69) is 10.2 Å². The molecule has 0 aliphatic heterocycles. The van der Waals surface area contributed by atoms with E-state index >= 15 is 0 Å². The molecule has 4 nitrogen and oxygen atoms in total. The molecule has 17 heavy (non-hydrogen) atoms. The molecule has 0 spiro atoms. The van der Waals surface area contributed by atoms with Gasteiger partial charge in [0.2, 0.25) is 5.88 Å². The lowest BCUT2D eigenvalue weighted by molar-refractivity contribution is 0.454. The Morgan fingerprint density at radius 3 is 2.82 bits per heavy atom. The minimum atomic E-state index is 0.406. The van der Waals surface area contributed by atoms with Crippen LogP contribution in [0.5, 0.6) is 11.6 Å². The number of benzene rings is 1. The molecule has 88 valence electrons. The van der Waals surface area contributed by atoms with Crippen LogP contribution >= 0.6 is 11.6 Å². The monoisotopic (exact) mass is 249 g/mol. The maximum atomic E-state index is 6.03. The number of aromatic nitrogens is 2. The average Bonchev–Trinajstić information content (AvgIpc) is 2.29. The molecule has 0 unspecified atom stereocenters. The van der Waals surface area contributed by atoms with E-state index in [1.807, 2.05) is 13.0 Å². The normalized spacial score (nSPS) is 10.3. The number of halogens is 1. The van der Waals surface area contributed by atoms with Crippen molar-refractivity contribution in [1.82, 2.24) is 10.2 Å². The van der Waals surface area contributed by atoms with Crippen LogP contribution in [-0.4, -0.2) is 10.2 Å².